The molecule has 2 aromatic rings. The zero-order chi connectivity index (χ0) is 19.3. The molecule has 26 heavy (non-hydrogen) atoms. The number of nitrogens with one attached hydrogen (secondary N) is 1. The second-order valence-electron chi connectivity index (χ2n) is 5.21. The first kappa shape index (κ1) is 19.3. The molecule has 0 fully saturated rings. The number of halogens is 1. The van der Waals surface area contributed by atoms with Crippen molar-refractivity contribution in [2.75, 3.05) is 18.2 Å². The number of nitrogens with zero attached hydrogens (tertiary/aromatic N) is 1. The number of benzene rings is 2. The summed E-state index contributed by atoms with van der Waals surface area (Å²) in [7, 11) is -2.44. The number of hydrogen-bond donors (Lipinski definition) is 1. The van der Waals surface area contributed by atoms with E-state index in [4.69, 9.17) is 4.74 Å². The Morgan fingerprint density at radius 1 is 1.23 bits per heavy atom. The molecule has 1 amide bonds. The summed E-state index contributed by atoms with van der Waals surface area (Å²) in [5, 5.41) is 13.4. The monoisotopic (exact) mass is 382 g/mol. The summed E-state index contributed by atoms with van der Waals surface area (Å²) in [5.41, 5.74) is -0.445. The topological polar surface area (TPSA) is 116 Å². The molecule has 0 saturated heterocycles. The van der Waals surface area contributed by atoms with E-state index in [2.05, 4.69) is 5.32 Å². The molecule has 2 rings (SSSR count). The van der Waals surface area contributed by atoms with E-state index in [1.807, 2.05) is 0 Å². The molecule has 0 aliphatic heterocycles. The second-order valence-corrected chi connectivity index (χ2v) is 7.32. The van der Waals surface area contributed by atoms with Crippen molar-refractivity contribution in [1.82, 2.24) is 0 Å². The molecule has 0 radical (unpaired) electrons. The maximum Gasteiger partial charge on any atom is 0.296 e. The van der Waals surface area contributed by atoms with E-state index in [0.717, 1.165) is 30.3 Å². The Morgan fingerprint density at radius 3 is 2.46 bits per heavy atom. The quantitative estimate of drug-likeness (QED) is 0.447. The predicted octanol–water partition coefficient (Wildman–Crippen LogP) is 2.55. The fourth-order valence-electron chi connectivity index (χ4n) is 2.09. The Bertz CT molecular complexity index is 928. The largest absolute Gasteiger partial charge is 0.496 e. The van der Waals surface area contributed by atoms with Gasteiger partial charge in [0, 0.05) is 6.42 Å². The third-order valence-electron chi connectivity index (χ3n) is 3.45. The first-order valence-corrected chi connectivity index (χ1v) is 8.99. The van der Waals surface area contributed by atoms with Gasteiger partial charge in [-0.2, -0.15) is 0 Å². The van der Waals surface area contributed by atoms with Crippen molar-refractivity contribution in [3.63, 3.8) is 0 Å². The van der Waals surface area contributed by atoms with E-state index in [9.17, 15) is 27.7 Å². The fraction of sp³-hybridized carbons (Fsp3) is 0.188. The number of ether oxygens (including phenoxy) is 1. The molecule has 0 aromatic heterocycles. The van der Waals surface area contributed by atoms with Crippen LogP contribution in [0, 0.1) is 15.9 Å². The van der Waals surface area contributed by atoms with Crippen molar-refractivity contribution < 1.29 is 27.3 Å². The van der Waals surface area contributed by atoms with Crippen LogP contribution in [0.25, 0.3) is 0 Å². The molecule has 0 aliphatic rings. The van der Waals surface area contributed by atoms with Gasteiger partial charge >= 0.3 is 0 Å². The zero-order valence-corrected chi connectivity index (χ0v) is 14.5. The molecule has 1 N–H and O–H groups in total. The highest BCUT2D eigenvalue weighted by Crippen LogP contribution is 2.29. The summed E-state index contributed by atoms with van der Waals surface area (Å²) < 4.78 is 42.0. The number of amides is 1. The second kappa shape index (κ2) is 7.91. The Labute approximate surface area is 148 Å². The summed E-state index contributed by atoms with van der Waals surface area (Å²) in [6, 6.07) is 8.10. The molecular formula is C16H15FN2O6S. The number of methoxy groups -OCH3 is 1. The molecule has 0 heterocycles. The lowest BCUT2D eigenvalue weighted by Gasteiger charge is -2.08. The first-order chi connectivity index (χ1) is 12.2. The highest BCUT2D eigenvalue weighted by molar-refractivity contribution is 7.91. The highest BCUT2D eigenvalue weighted by atomic mass is 32.2. The Hall–Kier alpha value is -3.01. The number of nitro benzene ring substituents is 1. The van der Waals surface area contributed by atoms with Crippen LogP contribution in [0.15, 0.2) is 47.4 Å². The summed E-state index contributed by atoms with van der Waals surface area (Å²) in [6.45, 7) is 0. The average Bonchev–Trinajstić information content (AvgIpc) is 2.60. The Morgan fingerprint density at radius 2 is 1.88 bits per heavy atom. The minimum absolute atomic E-state index is 0.0695. The Balaban J connectivity index is 2.07. The van der Waals surface area contributed by atoms with Crippen LogP contribution in [0.5, 0.6) is 5.75 Å². The minimum atomic E-state index is -3.78. The summed E-state index contributed by atoms with van der Waals surface area (Å²) in [5.74, 6) is -1.56. The third kappa shape index (κ3) is 4.76. The van der Waals surface area contributed by atoms with Crippen LogP contribution in [0.2, 0.25) is 0 Å². The van der Waals surface area contributed by atoms with E-state index < -0.39 is 38.7 Å². The fourth-order valence-corrected chi connectivity index (χ4v) is 3.34. The molecule has 0 aliphatic carbocycles. The normalized spacial score (nSPS) is 11.0. The standard InChI is InChI=1S/C16H15FN2O6S/c1-25-12-4-7-14(15(10-12)19(21)22)18-16(20)8-9-26(23,24)13-5-2-11(17)3-6-13/h2-7,10H,8-9H2,1H3,(H,18,20). The van der Waals surface area contributed by atoms with Gasteiger partial charge < -0.3 is 10.1 Å². The van der Waals surface area contributed by atoms with E-state index in [0.29, 0.717) is 0 Å². The maximum absolute atomic E-state index is 12.9. The van der Waals surface area contributed by atoms with Crippen molar-refractivity contribution in [2.45, 2.75) is 11.3 Å². The number of hydrogen-bond acceptors (Lipinski definition) is 6. The van der Waals surface area contributed by atoms with E-state index in [1.165, 1.54) is 19.2 Å². The zero-order valence-electron chi connectivity index (χ0n) is 13.6. The number of carbonyl (C=O) groups is 1. The van der Waals surface area contributed by atoms with Gasteiger partial charge in [0.2, 0.25) is 5.91 Å². The van der Waals surface area contributed by atoms with Gasteiger partial charge in [0.25, 0.3) is 5.69 Å². The highest BCUT2D eigenvalue weighted by Gasteiger charge is 2.20. The lowest BCUT2D eigenvalue weighted by Crippen LogP contribution is -2.18. The van der Waals surface area contributed by atoms with E-state index in [-0.39, 0.29) is 22.0 Å². The number of carbonyl (C=O) groups excluding carboxylic acids is 1. The summed E-state index contributed by atoms with van der Waals surface area (Å²) in [4.78, 5) is 22.3. The van der Waals surface area contributed by atoms with Crippen molar-refractivity contribution in [3.8, 4) is 5.75 Å². The van der Waals surface area contributed by atoms with Crippen molar-refractivity contribution >= 4 is 27.1 Å². The molecule has 0 atom stereocenters. The molecule has 2 aromatic carbocycles. The van der Waals surface area contributed by atoms with Gasteiger partial charge in [-0.1, -0.05) is 0 Å². The van der Waals surface area contributed by atoms with Crippen LogP contribution in [0.4, 0.5) is 15.8 Å². The van der Waals surface area contributed by atoms with Gasteiger partial charge in [-0.25, -0.2) is 12.8 Å². The van der Waals surface area contributed by atoms with Gasteiger partial charge in [0.1, 0.15) is 17.3 Å². The van der Waals surface area contributed by atoms with Crippen molar-refractivity contribution in [3.05, 3.63) is 58.4 Å². The number of rotatable bonds is 7. The number of sulfone groups is 1. The van der Waals surface area contributed by atoms with E-state index >= 15 is 0 Å². The van der Waals surface area contributed by atoms with Gasteiger partial charge in [-0.15, -0.1) is 0 Å². The van der Waals surface area contributed by atoms with Crippen LogP contribution in [-0.2, 0) is 14.6 Å². The van der Waals surface area contributed by atoms with Crippen molar-refractivity contribution in [1.29, 1.82) is 0 Å². The first-order valence-electron chi connectivity index (χ1n) is 7.33. The van der Waals surface area contributed by atoms with Gasteiger partial charge in [0.15, 0.2) is 9.84 Å². The van der Waals surface area contributed by atoms with E-state index in [1.54, 1.807) is 0 Å². The predicted molar refractivity (Wildman–Crippen MR) is 91.3 cm³/mol. The number of anilines is 1. The van der Waals surface area contributed by atoms with Crippen LogP contribution in [0.1, 0.15) is 6.42 Å². The lowest BCUT2D eigenvalue weighted by molar-refractivity contribution is -0.384. The molecule has 138 valence electrons. The van der Waals surface area contributed by atoms with Crippen LogP contribution in [-0.4, -0.2) is 32.1 Å². The van der Waals surface area contributed by atoms with Gasteiger partial charge in [-0.3, -0.25) is 14.9 Å². The smallest absolute Gasteiger partial charge is 0.296 e. The number of nitro groups is 1. The Kier molecular flexibility index (Phi) is 5.88. The molecule has 0 bridgehead atoms. The van der Waals surface area contributed by atoms with Crippen LogP contribution >= 0.6 is 0 Å². The third-order valence-corrected chi connectivity index (χ3v) is 5.18. The maximum atomic E-state index is 12.9. The molecule has 0 saturated carbocycles. The van der Waals surface area contributed by atoms with Crippen LogP contribution < -0.4 is 10.1 Å². The molecule has 0 unspecified atom stereocenters. The lowest BCUT2D eigenvalue weighted by atomic mass is 10.2. The molecular weight excluding hydrogens is 367 g/mol. The molecule has 8 nitrogen and oxygen atoms in total. The molecule has 10 heteroatoms. The van der Waals surface area contributed by atoms with Crippen LogP contribution in [0.3, 0.4) is 0 Å². The van der Waals surface area contributed by atoms with Gasteiger partial charge in [0.05, 0.1) is 28.7 Å². The van der Waals surface area contributed by atoms with Crippen molar-refractivity contribution in [2.24, 2.45) is 0 Å². The summed E-state index contributed by atoms with van der Waals surface area (Å²) in [6.07, 6.45) is -0.414. The minimum Gasteiger partial charge on any atom is -0.496 e. The summed E-state index contributed by atoms with van der Waals surface area (Å²) >= 11 is 0. The molecule has 0 spiro atoms. The average molecular weight is 382 g/mol. The van der Waals surface area contributed by atoms with Gasteiger partial charge in [-0.05, 0) is 36.4 Å². The SMILES string of the molecule is COc1ccc(NC(=O)CCS(=O)(=O)c2ccc(F)cc2)c([N+](=O)[O-])c1.